The second-order valence-corrected chi connectivity index (χ2v) is 7.17. The Morgan fingerprint density at radius 3 is 2.73 bits per heavy atom. The van der Waals surface area contributed by atoms with Crippen LogP contribution in [0.4, 0.5) is 0 Å². The zero-order valence-corrected chi connectivity index (χ0v) is 12.8. The smallest absolute Gasteiger partial charge is 0.252 e. The van der Waals surface area contributed by atoms with E-state index in [0.717, 1.165) is 56.2 Å². The molecule has 0 aromatic carbocycles. The van der Waals surface area contributed by atoms with E-state index >= 15 is 0 Å². The average Bonchev–Trinajstić information content (AvgIpc) is 2.43. The van der Waals surface area contributed by atoms with Gasteiger partial charge in [0.15, 0.2) is 0 Å². The lowest BCUT2D eigenvalue weighted by molar-refractivity contribution is -0.0389. The fraction of sp³-hybridized carbons (Fsp3) is 0.647. The van der Waals surface area contributed by atoms with Gasteiger partial charge in [-0.25, -0.2) is 0 Å². The molecule has 4 rings (SSSR count). The first-order chi connectivity index (χ1) is 10.6. The molecule has 0 radical (unpaired) electrons. The highest BCUT2D eigenvalue weighted by molar-refractivity contribution is 5.96. The summed E-state index contributed by atoms with van der Waals surface area (Å²) in [7, 11) is 0. The van der Waals surface area contributed by atoms with E-state index in [-0.39, 0.29) is 29.0 Å². The summed E-state index contributed by atoms with van der Waals surface area (Å²) in [6.07, 6.45) is 8.21. The summed E-state index contributed by atoms with van der Waals surface area (Å²) in [5, 5.41) is 3.16. The Hall–Kier alpha value is -1.62. The standard InChI is InChI=1S/C17H23N3O2/c18-13-9-14(17(13)6-3-7-17)20-16(22)11-8-15(21)19-12-5-2-1-4-10(11)12/h8,13-14H,1-7,9,18H2,(H,19,21)(H,20,22). The molecule has 1 spiro atoms. The Morgan fingerprint density at radius 2 is 2.05 bits per heavy atom. The summed E-state index contributed by atoms with van der Waals surface area (Å²) in [4.78, 5) is 27.4. The molecule has 2 saturated carbocycles. The molecular weight excluding hydrogens is 278 g/mol. The van der Waals surface area contributed by atoms with Gasteiger partial charge < -0.3 is 16.0 Å². The summed E-state index contributed by atoms with van der Waals surface area (Å²) in [6.45, 7) is 0. The molecule has 0 aliphatic heterocycles. The molecule has 0 saturated heterocycles. The number of hydrogen-bond acceptors (Lipinski definition) is 3. The van der Waals surface area contributed by atoms with Crippen LogP contribution in [0.1, 0.15) is 60.1 Å². The minimum absolute atomic E-state index is 0.0903. The largest absolute Gasteiger partial charge is 0.349 e. The van der Waals surface area contributed by atoms with Crippen LogP contribution in [-0.4, -0.2) is 23.0 Å². The predicted octanol–water partition coefficient (Wildman–Crippen LogP) is 1.25. The third-order valence-electron chi connectivity index (χ3n) is 6.10. The minimum atomic E-state index is -0.172. The van der Waals surface area contributed by atoms with Crippen LogP contribution < -0.4 is 16.6 Å². The molecule has 5 nitrogen and oxygen atoms in total. The number of nitrogens with two attached hydrogens (primary N) is 1. The molecular formula is C17H23N3O2. The third kappa shape index (κ3) is 1.95. The number of H-pyrrole nitrogens is 1. The average molecular weight is 301 g/mol. The molecule has 22 heavy (non-hydrogen) atoms. The maximum absolute atomic E-state index is 12.7. The number of aryl methyl sites for hydroxylation is 1. The van der Waals surface area contributed by atoms with E-state index in [9.17, 15) is 9.59 Å². The molecule has 1 heterocycles. The van der Waals surface area contributed by atoms with E-state index < -0.39 is 0 Å². The Labute approximate surface area is 129 Å². The molecule has 3 aliphatic carbocycles. The van der Waals surface area contributed by atoms with E-state index in [0.29, 0.717) is 5.56 Å². The number of fused-ring (bicyclic) bond motifs is 1. The number of amides is 1. The zero-order valence-electron chi connectivity index (χ0n) is 12.8. The van der Waals surface area contributed by atoms with Crippen molar-refractivity contribution in [3.05, 3.63) is 33.2 Å². The first kappa shape index (κ1) is 14.0. The lowest BCUT2D eigenvalue weighted by atomic mass is 9.50. The molecule has 0 bridgehead atoms. The second-order valence-electron chi connectivity index (χ2n) is 7.17. The van der Waals surface area contributed by atoms with Crippen molar-refractivity contribution in [1.29, 1.82) is 0 Å². The summed E-state index contributed by atoms with van der Waals surface area (Å²) in [6, 6.07) is 1.87. The van der Waals surface area contributed by atoms with Crippen molar-refractivity contribution in [2.24, 2.45) is 11.1 Å². The van der Waals surface area contributed by atoms with Crippen molar-refractivity contribution in [2.45, 2.75) is 63.5 Å². The number of carbonyl (C=O) groups excluding carboxylic acids is 1. The molecule has 3 aliphatic rings. The summed E-state index contributed by atoms with van der Waals surface area (Å²) in [5.74, 6) is -0.0903. The summed E-state index contributed by atoms with van der Waals surface area (Å²) >= 11 is 0. The molecule has 4 N–H and O–H groups in total. The summed E-state index contributed by atoms with van der Waals surface area (Å²) in [5.41, 5.74) is 8.68. The SMILES string of the molecule is NC1CC(NC(=O)c2cc(=O)[nH]c3c2CCCC3)C12CCC2. The van der Waals surface area contributed by atoms with Crippen LogP contribution >= 0.6 is 0 Å². The molecule has 5 heteroatoms. The van der Waals surface area contributed by atoms with Crippen LogP contribution in [0.2, 0.25) is 0 Å². The molecule has 2 fully saturated rings. The number of rotatable bonds is 2. The van der Waals surface area contributed by atoms with Gasteiger partial charge in [-0.3, -0.25) is 9.59 Å². The minimum Gasteiger partial charge on any atom is -0.349 e. The number of pyridine rings is 1. The van der Waals surface area contributed by atoms with Crippen molar-refractivity contribution in [2.75, 3.05) is 0 Å². The van der Waals surface area contributed by atoms with Crippen molar-refractivity contribution >= 4 is 5.91 Å². The fourth-order valence-corrected chi connectivity index (χ4v) is 4.51. The Bertz CT molecular complexity index is 675. The first-order valence-corrected chi connectivity index (χ1v) is 8.42. The highest BCUT2D eigenvalue weighted by atomic mass is 16.2. The van der Waals surface area contributed by atoms with Gasteiger partial charge in [-0.05, 0) is 50.5 Å². The van der Waals surface area contributed by atoms with Crippen molar-refractivity contribution in [1.82, 2.24) is 10.3 Å². The quantitative estimate of drug-likeness (QED) is 0.768. The van der Waals surface area contributed by atoms with Gasteiger partial charge in [-0.1, -0.05) is 6.42 Å². The number of carbonyl (C=O) groups is 1. The van der Waals surface area contributed by atoms with Crippen LogP contribution in [0, 0.1) is 5.41 Å². The van der Waals surface area contributed by atoms with Gasteiger partial charge in [-0.2, -0.15) is 0 Å². The molecule has 1 aromatic rings. The predicted molar refractivity (Wildman–Crippen MR) is 83.8 cm³/mol. The maximum Gasteiger partial charge on any atom is 0.252 e. The lowest BCUT2D eigenvalue weighted by Crippen LogP contribution is -2.69. The van der Waals surface area contributed by atoms with Crippen LogP contribution in [0.15, 0.2) is 10.9 Å². The maximum atomic E-state index is 12.7. The van der Waals surface area contributed by atoms with Crippen LogP contribution in [0.25, 0.3) is 0 Å². The number of hydrogen-bond donors (Lipinski definition) is 3. The highest BCUT2D eigenvalue weighted by Crippen LogP contribution is 2.55. The Morgan fingerprint density at radius 1 is 1.27 bits per heavy atom. The van der Waals surface area contributed by atoms with Gasteiger partial charge in [0.05, 0.1) is 0 Å². The van der Waals surface area contributed by atoms with Gasteiger partial charge in [0.1, 0.15) is 0 Å². The van der Waals surface area contributed by atoms with Crippen molar-refractivity contribution < 1.29 is 4.79 Å². The van der Waals surface area contributed by atoms with Crippen molar-refractivity contribution in [3.8, 4) is 0 Å². The van der Waals surface area contributed by atoms with Crippen molar-refractivity contribution in [3.63, 3.8) is 0 Å². The van der Waals surface area contributed by atoms with E-state index in [1.165, 1.54) is 12.5 Å². The number of nitrogens with one attached hydrogen (secondary N) is 2. The van der Waals surface area contributed by atoms with E-state index in [1.54, 1.807) is 0 Å². The molecule has 1 amide bonds. The molecule has 2 atom stereocenters. The van der Waals surface area contributed by atoms with E-state index in [1.807, 2.05) is 0 Å². The van der Waals surface area contributed by atoms with Gasteiger partial charge in [0.25, 0.3) is 5.91 Å². The van der Waals surface area contributed by atoms with Crippen LogP contribution in [-0.2, 0) is 12.8 Å². The fourth-order valence-electron chi connectivity index (χ4n) is 4.51. The second kappa shape index (κ2) is 4.95. The van der Waals surface area contributed by atoms with Gasteiger partial charge in [0.2, 0.25) is 5.56 Å². The van der Waals surface area contributed by atoms with Gasteiger partial charge in [0, 0.05) is 34.8 Å². The van der Waals surface area contributed by atoms with E-state index in [2.05, 4.69) is 10.3 Å². The summed E-state index contributed by atoms with van der Waals surface area (Å²) < 4.78 is 0. The van der Waals surface area contributed by atoms with Crippen LogP contribution in [0.3, 0.4) is 0 Å². The third-order valence-corrected chi connectivity index (χ3v) is 6.10. The Kier molecular flexibility index (Phi) is 3.15. The molecule has 1 aromatic heterocycles. The number of aromatic nitrogens is 1. The Balaban J connectivity index is 1.58. The highest BCUT2D eigenvalue weighted by Gasteiger charge is 2.57. The number of aromatic amines is 1. The normalized spacial score (nSPS) is 28.4. The van der Waals surface area contributed by atoms with E-state index in [4.69, 9.17) is 5.73 Å². The topological polar surface area (TPSA) is 88.0 Å². The monoisotopic (exact) mass is 301 g/mol. The lowest BCUT2D eigenvalue weighted by Gasteiger charge is -2.60. The zero-order chi connectivity index (χ0) is 15.3. The molecule has 118 valence electrons. The van der Waals surface area contributed by atoms with Gasteiger partial charge in [-0.15, -0.1) is 0 Å². The molecule has 2 unspecified atom stereocenters. The van der Waals surface area contributed by atoms with Crippen LogP contribution in [0.5, 0.6) is 0 Å². The van der Waals surface area contributed by atoms with Gasteiger partial charge >= 0.3 is 0 Å². The first-order valence-electron chi connectivity index (χ1n) is 8.42.